The van der Waals surface area contributed by atoms with Gasteiger partial charge in [0, 0.05) is 12.4 Å². The Morgan fingerprint density at radius 1 is 1.33 bits per heavy atom. The molecule has 0 amide bonds. The van der Waals surface area contributed by atoms with Crippen molar-refractivity contribution in [3.05, 3.63) is 30.1 Å². The van der Waals surface area contributed by atoms with Gasteiger partial charge in [0.2, 0.25) is 0 Å². The van der Waals surface area contributed by atoms with Crippen LogP contribution in [0.2, 0.25) is 0 Å². The Balaban J connectivity index is 2.04. The number of nitrogens with two attached hydrogens (primary N) is 1. The molecule has 1 aromatic rings. The van der Waals surface area contributed by atoms with E-state index in [1.165, 1.54) is 18.4 Å². The van der Waals surface area contributed by atoms with E-state index in [1.807, 2.05) is 12.4 Å². The van der Waals surface area contributed by atoms with Gasteiger partial charge < -0.3 is 5.73 Å². The summed E-state index contributed by atoms with van der Waals surface area (Å²) in [6, 6.07) is 4.16. The van der Waals surface area contributed by atoms with Gasteiger partial charge in [-0.25, -0.2) is 0 Å². The van der Waals surface area contributed by atoms with Crippen LogP contribution in [0.3, 0.4) is 0 Å². The minimum absolute atomic E-state index is 0.446. The van der Waals surface area contributed by atoms with E-state index < -0.39 is 0 Å². The van der Waals surface area contributed by atoms with Gasteiger partial charge in [-0.3, -0.25) is 4.98 Å². The largest absolute Gasteiger partial charge is 0.330 e. The fraction of sp³-hybridized carbons (Fsp3) is 0.500. The van der Waals surface area contributed by atoms with Gasteiger partial charge in [-0.1, -0.05) is 0 Å². The minimum Gasteiger partial charge on any atom is -0.330 e. The van der Waals surface area contributed by atoms with Crippen LogP contribution in [0.25, 0.3) is 0 Å². The van der Waals surface area contributed by atoms with Crippen molar-refractivity contribution in [1.29, 1.82) is 0 Å². The van der Waals surface area contributed by atoms with E-state index in [-0.39, 0.29) is 0 Å². The van der Waals surface area contributed by atoms with Crippen molar-refractivity contribution in [3.63, 3.8) is 0 Å². The lowest BCUT2D eigenvalue weighted by Gasteiger charge is -2.10. The highest BCUT2D eigenvalue weighted by Crippen LogP contribution is 2.47. The van der Waals surface area contributed by atoms with Crippen molar-refractivity contribution in [2.24, 2.45) is 11.1 Å². The van der Waals surface area contributed by atoms with Crippen molar-refractivity contribution in [1.82, 2.24) is 4.98 Å². The summed E-state index contributed by atoms with van der Waals surface area (Å²) in [5.74, 6) is 0. The molecule has 1 fully saturated rings. The maximum Gasteiger partial charge on any atom is 0.0270 e. The second-order valence-corrected chi connectivity index (χ2v) is 3.74. The van der Waals surface area contributed by atoms with Crippen molar-refractivity contribution < 1.29 is 0 Å². The topological polar surface area (TPSA) is 38.9 Å². The van der Waals surface area contributed by atoms with Crippen molar-refractivity contribution >= 4 is 0 Å². The number of hydrogen-bond donors (Lipinski definition) is 1. The van der Waals surface area contributed by atoms with Gasteiger partial charge in [0.1, 0.15) is 0 Å². The first kappa shape index (κ1) is 7.74. The molecule has 0 bridgehead atoms. The number of nitrogens with zero attached hydrogens (tertiary/aromatic N) is 1. The number of rotatable bonds is 3. The molecule has 0 atom stereocenters. The molecule has 0 saturated heterocycles. The summed E-state index contributed by atoms with van der Waals surface area (Å²) in [6.45, 7) is 0.829. The molecule has 0 aromatic carbocycles. The first-order valence-corrected chi connectivity index (χ1v) is 4.44. The van der Waals surface area contributed by atoms with Crippen LogP contribution in [0.4, 0.5) is 0 Å². The molecule has 2 nitrogen and oxygen atoms in total. The second-order valence-electron chi connectivity index (χ2n) is 3.74. The summed E-state index contributed by atoms with van der Waals surface area (Å²) < 4.78 is 0. The Morgan fingerprint density at radius 3 is 2.50 bits per heavy atom. The van der Waals surface area contributed by atoms with Crippen LogP contribution in [0.5, 0.6) is 0 Å². The molecule has 0 radical (unpaired) electrons. The third kappa shape index (κ3) is 1.48. The summed E-state index contributed by atoms with van der Waals surface area (Å²) in [7, 11) is 0. The molecule has 1 aliphatic carbocycles. The third-order valence-electron chi connectivity index (χ3n) is 2.72. The summed E-state index contributed by atoms with van der Waals surface area (Å²) >= 11 is 0. The van der Waals surface area contributed by atoms with E-state index in [9.17, 15) is 0 Å². The quantitative estimate of drug-likeness (QED) is 0.729. The first-order valence-electron chi connectivity index (χ1n) is 4.44. The Morgan fingerprint density at radius 2 is 2.00 bits per heavy atom. The normalized spacial score (nSPS) is 19.1. The predicted octanol–water partition coefficient (Wildman–Crippen LogP) is 1.36. The zero-order valence-corrected chi connectivity index (χ0v) is 7.16. The average Bonchev–Trinajstić information content (AvgIpc) is 2.88. The van der Waals surface area contributed by atoms with E-state index in [0.717, 1.165) is 13.0 Å². The van der Waals surface area contributed by atoms with Gasteiger partial charge in [0.05, 0.1) is 0 Å². The SMILES string of the molecule is NCC1(Cc2ccncc2)CC1. The van der Waals surface area contributed by atoms with Crippen LogP contribution in [-0.4, -0.2) is 11.5 Å². The van der Waals surface area contributed by atoms with E-state index in [4.69, 9.17) is 5.73 Å². The molecular formula is C10H14N2. The maximum atomic E-state index is 5.70. The van der Waals surface area contributed by atoms with E-state index in [2.05, 4.69) is 17.1 Å². The van der Waals surface area contributed by atoms with Crippen molar-refractivity contribution in [2.75, 3.05) is 6.54 Å². The molecule has 1 aromatic heterocycles. The van der Waals surface area contributed by atoms with Gasteiger partial charge in [0.25, 0.3) is 0 Å². The van der Waals surface area contributed by atoms with Gasteiger partial charge in [0.15, 0.2) is 0 Å². The molecule has 1 saturated carbocycles. The monoisotopic (exact) mass is 162 g/mol. The molecule has 0 unspecified atom stereocenters. The molecule has 2 heteroatoms. The van der Waals surface area contributed by atoms with Crippen LogP contribution in [-0.2, 0) is 6.42 Å². The lowest BCUT2D eigenvalue weighted by Crippen LogP contribution is -2.17. The van der Waals surface area contributed by atoms with Gasteiger partial charge in [-0.2, -0.15) is 0 Å². The minimum atomic E-state index is 0.446. The molecule has 0 aliphatic heterocycles. The molecular weight excluding hydrogens is 148 g/mol. The lowest BCUT2D eigenvalue weighted by molar-refractivity contribution is 0.521. The Kier molecular flexibility index (Phi) is 1.85. The third-order valence-corrected chi connectivity index (χ3v) is 2.72. The highest BCUT2D eigenvalue weighted by atomic mass is 14.7. The predicted molar refractivity (Wildman–Crippen MR) is 48.7 cm³/mol. The number of hydrogen-bond acceptors (Lipinski definition) is 2. The lowest BCUT2D eigenvalue weighted by atomic mass is 9.98. The summed E-state index contributed by atoms with van der Waals surface area (Å²) in [5, 5.41) is 0. The van der Waals surface area contributed by atoms with Gasteiger partial charge >= 0.3 is 0 Å². The van der Waals surface area contributed by atoms with Crippen LogP contribution in [0.1, 0.15) is 18.4 Å². The molecule has 64 valence electrons. The molecule has 12 heavy (non-hydrogen) atoms. The average molecular weight is 162 g/mol. The zero-order chi connectivity index (χ0) is 8.44. The Bertz CT molecular complexity index is 252. The smallest absolute Gasteiger partial charge is 0.0270 e. The van der Waals surface area contributed by atoms with Crippen molar-refractivity contribution in [3.8, 4) is 0 Å². The van der Waals surface area contributed by atoms with Gasteiger partial charge in [-0.05, 0) is 48.9 Å². The second kappa shape index (κ2) is 2.87. The maximum absolute atomic E-state index is 5.70. The molecule has 2 N–H and O–H groups in total. The van der Waals surface area contributed by atoms with Crippen LogP contribution in [0, 0.1) is 5.41 Å². The fourth-order valence-electron chi connectivity index (χ4n) is 1.56. The van der Waals surface area contributed by atoms with Crippen LogP contribution < -0.4 is 5.73 Å². The summed E-state index contributed by atoms with van der Waals surface area (Å²) in [6.07, 6.45) is 7.42. The zero-order valence-electron chi connectivity index (χ0n) is 7.16. The molecule has 2 rings (SSSR count). The highest BCUT2D eigenvalue weighted by molar-refractivity contribution is 5.15. The summed E-state index contributed by atoms with van der Waals surface area (Å²) in [5.41, 5.74) is 7.52. The van der Waals surface area contributed by atoms with E-state index >= 15 is 0 Å². The van der Waals surface area contributed by atoms with Crippen LogP contribution >= 0.6 is 0 Å². The standard InChI is InChI=1S/C10H14N2/c11-8-10(3-4-10)7-9-1-5-12-6-2-9/h1-2,5-6H,3-4,7-8,11H2. The van der Waals surface area contributed by atoms with Crippen LogP contribution in [0.15, 0.2) is 24.5 Å². The Hall–Kier alpha value is -0.890. The Labute approximate surface area is 72.8 Å². The summed E-state index contributed by atoms with van der Waals surface area (Å²) in [4.78, 5) is 3.99. The number of aromatic nitrogens is 1. The van der Waals surface area contributed by atoms with Gasteiger partial charge in [-0.15, -0.1) is 0 Å². The molecule has 1 aliphatic rings. The number of pyridine rings is 1. The first-order chi connectivity index (χ1) is 5.85. The van der Waals surface area contributed by atoms with E-state index in [1.54, 1.807) is 0 Å². The molecule has 1 heterocycles. The van der Waals surface area contributed by atoms with Crippen molar-refractivity contribution in [2.45, 2.75) is 19.3 Å². The highest BCUT2D eigenvalue weighted by Gasteiger charge is 2.40. The fourth-order valence-corrected chi connectivity index (χ4v) is 1.56. The molecule has 0 spiro atoms. The van der Waals surface area contributed by atoms with E-state index in [0.29, 0.717) is 5.41 Å².